The van der Waals surface area contributed by atoms with Gasteiger partial charge >= 0.3 is 0 Å². The normalized spacial score (nSPS) is 22.3. The predicted molar refractivity (Wildman–Crippen MR) is 82.4 cm³/mol. The van der Waals surface area contributed by atoms with Gasteiger partial charge in [-0.2, -0.15) is 0 Å². The highest BCUT2D eigenvalue weighted by atomic mass is 15.2. The molecule has 0 amide bonds. The van der Waals surface area contributed by atoms with E-state index in [0.29, 0.717) is 6.04 Å². The lowest BCUT2D eigenvalue weighted by Crippen LogP contribution is -2.44. The first-order chi connectivity index (χ1) is 9.36. The second-order valence-electron chi connectivity index (χ2n) is 5.66. The molecule has 1 saturated heterocycles. The third kappa shape index (κ3) is 3.80. The second-order valence-corrected chi connectivity index (χ2v) is 5.66. The van der Waals surface area contributed by atoms with E-state index in [1.54, 1.807) is 0 Å². The summed E-state index contributed by atoms with van der Waals surface area (Å²) in [6.07, 6.45) is 6.77. The van der Waals surface area contributed by atoms with Gasteiger partial charge in [0.2, 0.25) is 0 Å². The molecular weight excluding hydrogens is 232 g/mol. The number of benzene rings is 1. The van der Waals surface area contributed by atoms with Crippen LogP contribution in [0.15, 0.2) is 30.3 Å². The molecule has 0 saturated carbocycles. The number of rotatable bonds is 6. The van der Waals surface area contributed by atoms with Gasteiger partial charge in [-0.15, -0.1) is 0 Å². The van der Waals surface area contributed by atoms with Crippen LogP contribution in [0.2, 0.25) is 0 Å². The zero-order chi connectivity index (χ0) is 13.5. The Morgan fingerprint density at radius 1 is 1.26 bits per heavy atom. The van der Waals surface area contributed by atoms with E-state index < -0.39 is 0 Å². The van der Waals surface area contributed by atoms with Crippen molar-refractivity contribution in [2.24, 2.45) is 0 Å². The molecule has 2 unspecified atom stereocenters. The summed E-state index contributed by atoms with van der Waals surface area (Å²) in [6.45, 7) is 4.61. The molecule has 2 atom stereocenters. The molecule has 1 fully saturated rings. The largest absolute Gasteiger partial charge is 0.318 e. The van der Waals surface area contributed by atoms with Crippen LogP contribution < -0.4 is 5.32 Å². The molecule has 2 rings (SSSR count). The van der Waals surface area contributed by atoms with Crippen molar-refractivity contribution in [3.63, 3.8) is 0 Å². The van der Waals surface area contributed by atoms with Crippen LogP contribution in [0.5, 0.6) is 0 Å². The van der Waals surface area contributed by atoms with Crippen molar-refractivity contribution in [2.45, 2.75) is 51.1 Å². The van der Waals surface area contributed by atoms with Crippen molar-refractivity contribution in [2.75, 3.05) is 20.1 Å². The van der Waals surface area contributed by atoms with Crippen LogP contribution in [0, 0.1) is 0 Å². The van der Waals surface area contributed by atoms with Gasteiger partial charge in [-0.1, -0.05) is 50.1 Å². The minimum atomic E-state index is 0.531. The van der Waals surface area contributed by atoms with Gasteiger partial charge in [0.1, 0.15) is 0 Å². The van der Waals surface area contributed by atoms with Gasteiger partial charge in [-0.05, 0) is 38.4 Å². The fraction of sp³-hybridized carbons (Fsp3) is 0.647. The zero-order valence-corrected chi connectivity index (χ0v) is 12.4. The van der Waals surface area contributed by atoms with Gasteiger partial charge in [0.25, 0.3) is 0 Å². The van der Waals surface area contributed by atoms with E-state index in [2.05, 4.69) is 54.5 Å². The average Bonchev–Trinajstić information content (AvgIpc) is 2.47. The van der Waals surface area contributed by atoms with E-state index in [9.17, 15) is 0 Å². The van der Waals surface area contributed by atoms with Crippen molar-refractivity contribution >= 4 is 0 Å². The molecule has 1 aliphatic rings. The maximum Gasteiger partial charge on any atom is 0.0475 e. The molecule has 0 radical (unpaired) electrons. The number of hydrogen-bond acceptors (Lipinski definition) is 2. The maximum absolute atomic E-state index is 3.38. The highest BCUT2D eigenvalue weighted by molar-refractivity contribution is 5.20. The third-order valence-corrected chi connectivity index (χ3v) is 4.28. The Kier molecular flexibility index (Phi) is 5.87. The summed E-state index contributed by atoms with van der Waals surface area (Å²) >= 11 is 0. The molecule has 1 heterocycles. The molecule has 2 heteroatoms. The molecule has 0 spiro atoms. The third-order valence-electron chi connectivity index (χ3n) is 4.28. The van der Waals surface area contributed by atoms with Crippen LogP contribution in [0.1, 0.15) is 50.6 Å². The highest BCUT2D eigenvalue weighted by Gasteiger charge is 2.28. The molecule has 19 heavy (non-hydrogen) atoms. The van der Waals surface area contributed by atoms with Crippen molar-refractivity contribution in [1.29, 1.82) is 0 Å². The Labute approximate surface area is 118 Å². The number of hydrogen-bond donors (Lipinski definition) is 1. The summed E-state index contributed by atoms with van der Waals surface area (Å²) in [4.78, 5) is 2.75. The monoisotopic (exact) mass is 260 g/mol. The minimum Gasteiger partial charge on any atom is -0.318 e. The van der Waals surface area contributed by atoms with E-state index in [0.717, 1.165) is 12.6 Å². The van der Waals surface area contributed by atoms with Crippen LogP contribution in [0.3, 0.4) is 0 Å². The standard InChI is InChI=1S/C17H28N2/c1-3-9-16-12-7-8-13-19(16)17(14-18-2)15-10-5-4-6-11-15/h4-6,10-11,16-18H,3,7-9,12-14H2,1-2H3. The van der Waals surface area contributed by atoms with Crippen molar-refractivity contribution in [1.82, 2.24) is 10.2 Å². The van der Waals surface area contributed by atoms with Crippen LogP contribution in [-0.2, 0) is 0 Å². The van der Waals surface area contributed by atoms with Gasteiger partial charge in [0, 0.05) is 18.6 Å². The predicted octanol–water partition coefficient (Wildman–Crippen LogP) is 3.60. The SMILES string of the molecule is CCCC1CCCCN1C(CNC)c1ccccc1. The van der Waals surface area contributed by atoms with Gasteiger partial charge in [0.05, 0.1) is 0 Å². The first-order valence-corrected chi connectivity index (χ1v) is 7.82. The summed E-state index contributed by atoms with van der Waals surface area (Å²) in [5.74, 6) is 0. The lowest BCUT2D eigenvalue weighted by molar-refractivity contribution is 0.0877. The lowest BCUT2D eigenvalue weighted by Gasteiger charge is -2.41. The van der Waals surface area contributed by atoms with E-state index in [4.69, 9.17) is 0 Å². The fourth-order valence-electron chi connectivity index (χ4n) is 3.37. The summed E-state index contributed by atoms with van der Waals surface area (Å²) in [7, 11) is 2.06. The van der Waals surface area contributed by atoms with Crippen molar-refractivity contribution in [3.8, 4) is 0 Å². The van der Waals surface area contributed by atoms with Gasteiger partial charge in [-0.25, -0.2) is 0 Å². The zero-order valence-electron chi connectivity index (χ0n) is 12.4. The molecule has 0 bridgehead atoms. The van der Waals surface area contributed by atoms with Crippen LogP contribution in [0.4, 0.5) is 0 Å². The summed E-state index contributed by atoms with van der Waals surface area (Å²) in [5, 5.41) is 3.38. The van der Waals surface area contributed by atoms with E-state index >= 15 is 0 Å². The maximum atomic E-state index is 3.38. The van der Waals surface area contributed by atoms with E-state index in [1.165, 1.54) is 44.2 Å². The Bertz CT molecular complexity index is 348. The molecule has 1 aromatic carbocycles. The number of likely N-dealkylation sites (tertiary alicyclic amines) is 1. The molecular formula is C17H28N2. The summed E-state index contributed by atoms with van der Waals surface area (Å²) < 4.78 is 0. The molecule has 106 valence electrons. The minimum absolute atomic E-state index is 0.531. The number of nitrogens with one attached hydrogen (secondary N) is 1. The number of nitrogens with zero attached hydrogens (tertiary/aromatic N) is 1. The van der Waals surface area contributed by atoms with Crippen molar-refractivity contribution < 1.29 is 0 Å². The summed E-state index contributed by atoms with van der Waals surface area (Å²) in [6, 6.07) is 12.3. The summed E-state index contributed by atoms with van der Waals surface area (Å²) in [5.41, 5.74) is 1.46. The Morgan fingerprint density at radius 3 is 2.74 bits per heavy atom. The van der Waals surface area contributed by atoms with Crippen LogP contribution in [0.25, 0.3) is 0 Å². The lowest BCUT2D eigenvalue weighted by atomic mass is 9.93. The number of piperidine rings is 1. The fourth-order valence-corrected chi connectivity index (χ4v) is 3.37. The second kappa shape index (κ2) is 7.66. The Balaban J connectivity index is 2.16. The Hall–Kier alpha value is -0.860. The smallest absolute Gasteiger partial charge is 0.0475 e. The van der Waals surface area contributed by atoms with Crippen LogP contribution in [-0.4, -0.2) is 31.1 Å². The van der Waals surface area contributed by atoms with Crippen LogP contribution >= 0.6 is 0 Å². The van der Waals surface area contributed by atoms with Crippen molar-refractivity contribution in [3.05, 3.63) is 35.9 Å². The van der Waals surface area contributed by atoms with Gasteiger partial charge < -0.3 is 5.32 Å². The molecule has 1 aromatic rings. The molecule has 0 aromatic heterocycles. The quantitative estimate of drug-likeness (QED) is 0.840. The Morgan fingerprint density at radius 2 is 2.05 bits per heavy atom. The number of likely N-dealkylation sites (N-methyl/N-ethyl adjacent to an activating group) is 1. The van der Waals surface area contributed by atoms with E-state index in [1.807, 2.05) is 0 Å². The molecule has 2 nitrogen and oxygen atoms in total. The van der Waals surface area contributed by atoms with E-state index in [-0.39, 0.29) is 0 Å². The average molecular weight is 260 g/mol. The highest BCUT2D eigenvalue weighted by Crippen LogP contribution is 2.30. The molecule has 1 N–H and O–H groups in total. The first-order valence-electron chi connectivity index (χ1n) is 7.82. The van der Waals surface area contributed by atoms with Gasteiger partial charge in [-0.3, -0.25) is 4.90 Å². The molecule has 1 aliphatic heterocycles. The van der Waals surface area contributed by atoms with Gasteiger partial charge in [0.15, 0.2) is 0 Å². The topological polar surface area (TPSA) is 15.3 Å². The molecule has 0 aliphatic carbocycles. The first kappa shape index (κ1) is 14.5.